The molecular weight excluding hydrogens is 427 g/mol. The highest BCUT2D eigenvalue weighted by Crippen LogP contribution is 2.33. The largest absolute Gasteiger partial charge is 0.494 e. The van der Waals surface area contributed by atoms with Crippen molar-refractivity contribution in [2.75, 3.05) is 7.11 Å². The first kappa shape index (κ1) is 21.6. The number of methoxy groups -OCH3 is 1. The number of carboxylic acid groups (broad SMARTS) is 1. The van der Waals surface area contributed by atoms with Gasteiger partial charge in [0.2, 0.25) is 0 Å². The Hall–Kier alpha value is -3.09. The van der Waals surface area contributed by atoms with Gasteiger partial charge >= 0.3 is 5.97 Å². The van der Waals surface area contributed by atoms with Gasteiger partial charge in [0.15, 0.2) is 0 Å². The van der Waals surface area contributed by atoms with Crippen LogP contribution < -0.4 is 10.1 Å². The molecule has 6 nitrogen and oxygen atoms in total. The van der Waals surface area contributed by atoms with Gasteiger partial charge in [-0.25, -0.2) is 4.98 Å². The molecule has 0 saturated heterocycles. The molecule has 154 valence electrons. The van der Waals surface area contributed by atoms with Gasteiger partial charge in [0.1, 0.15) is 17.1 Å². The van der Waals surface area contributed by atoms with Crippen LogP contribution in [0.2, 0.25) is 10.0 Å². The molecule has 1 aromatic heterocycles. The average molecular weight is 445 g/mol. The standard InChI is InChI=1S/C22H18Cl2N2O4/c1-30-19-11-10-17(25-21(19)14-7-3-5-9-16(14)24)22(29)26-18(12-20(27)28)13-6-2-4-8-15(13)23/h2-11,18H,12H2,1H3,(H,26,29)(H,27,28). The third kappa shape index (κ3) is 4.90. The third-order valence-corrected chi connectivity index (χ3v) is 5.08. The predicted molar refractivity (Wildman–Crippen MR) is 115 cm³/mol. The fourth-order valence-electron chi connectivity index (χ4n) is 2.99. The Balaban J connectivity index is 1.96. The van der Waals surface area contributed by atoms with Gasteiger partial charge in [0, 0.05) is 10.6 Å². The molecule has 3 rings (SSSR count). The van der Waals surface area contributed by atoms with Crippen LogP contribution in [-0.4, -0.2) is 29.1 Å². The Bertz CT molecular complexity index is 1090. The zero-order chi connectivity index (χ0) is 21.7. The molecule has 2 N–H and O–H groups in total. The number of pyridine rings is 1. The van der Waals surface area contributed by atoms with Gasteiger partial charge < -0.3 is 15.2 Å². The Morgan fingerprint density at radius 1 is 1.03 bits per heavy atom. The molecule has 0 fully saturated rings. The van der Waals surface area contributed by atoms with Crippen molar-refractivity contribution < 1.29 is 19.4 Å². The molecule has 0 saturated carbocycles. The van der Waals surface area contributed by atoms with E-state index in [4.69, 9.17) is 27.9 Å². The van der Waals surface area contributed by atoms with E-state index in [1.54, 1.807) is 54.6 Å². The Labute approximate surface area is 183 Å². The predicted octanol–water partition coefficient (Wildman–Crippen LogP) is 5.01. The number of nitrogens with one attached hydrogen (secondary N) is 1. The van der Waals surface area contributed by atoms with Crippen molar-refractivity contribution >= 4 is 35.1 Å². The van der Waals surface area contributed by atoms with Crippen molar-refractivity contribution in [3.63, 3.8) is 0 Å². The van der Waals surface area contributed by atoms with Crippen LogP contribution in [0, 0.1) is 0 Å². The number of carbonyl (C=O) groups is 2. The summed E-state index contributed by atoms with van der Waals surface area (Å²) in [5.74, 6) is -1.16. The summed E-state index contributed by atoms with van der Waals surface area (Å²) in [4.78, 5) is 28.7. The maximum atomic E-state index is 12.9. The molecule has 0 bridgehead atoms. The first-order chi connectivity index (χ1) is 14.4. The molecule has 3 aromatic rings. The third-order valence-electron chi connectivity index (χ3n) is 4.40. The quantitative estimate of drug-likeness (QED) is 0.534. The lowest BCUT2D eigenvalue weighted by molar-refractivity contribution is -0.137. The van der Waals surface area contributed by atoms with E-state index in [1.807, 2.05) is 0 Å². The summed E-state index contributed by atoms with van der Waals surface area (Å²) in [7, 11) is 1.50. The van der Waals surface area contributed by atoms with Crippen molar-refractivity contribution in [1.29, 1.82) is 0 Å². The molecule has 0 spiro atoms. The number of halogens is 2. The van der Waals surface area contributed by atoms with Crippen LogP contribution in [0.25, 0.3) is 11.3 Å². The van der Waals surface area contributed by atoms with Crippen LogP contribution in [0.4, 0.5) is 0 Å². The van der Waals surface area contributed by atoms with Crippen molar-refractivity contribution in [3.8, 4) is 17.0 Å². The number of aliphatic carboxylic acids is 1. The number of carbonyl (C=O) groups excluding carboxylic acids is 1. The van der Waals surface area contributed by atoms with E-state index in [0.717, 1.165) is 0 Å². The number of hydrogen-bond donors (Lipinski definition) is 2. The van der Waals surface area contributed by atoms with Crippen molar-refractivity contribution in [3.05, 3.63) is 82.0 Å². The molecule has 0 radical (unpaired) electrons. The average Bonchev–Trinajstić information content (AvgIpc) is 2.73. The van der Waals surface area contributed by atoms with E-state index < -0.39 is 17.9 Å². The van der Waals surface area contributed by atoms with Crippen LogP contribution in [-0.2, 0) is 4.79 Å². The lowest BCUT2D eigenvalue weighted by Crippen LogP contribution is -2.31. The Morgan fingerprint density at radius 2 is 1.70 bits per heavy atom. The summed E-state index contributed by atoms with van der Waals surface area (Å²) >= 11 is 12.5. The van der Waals surface area contributed by atoms with E-state index >= 15 is 0 Å². The van der Waals surface area contributed by atoms with Crippen LogP contribution >= 0.6 is 23.2 Å². The normalized spacial score (nSPS) is 11.6. The minimum Gasteiger partial charge on any atom is -0.494 e. The van der Waals surface area contributed by atoms with Gasteiger partial charge in [-0.2, -0.15) is 0 Å². The van der Waals surface area contributed by atoms with Gasteiger partial charge in [-0.05, 0) is 29.8 Å². The zero-order valence-corrected chi connectivity index (χ0v) is 17.4. The molecule has 1 heterocycles. The van der Waals surface area contributed by atoms with Crippen molar-refractivity contribution in [2.24, 2.45) is 0 Å². The first-order valence-electron chi connectivity index (χ1n) is 8.97. The second-order valence-corrected chi connectivity index (χ2v) is 7.19. The van der Waals surface area contributed by atoms with E-state index in [9.17, 15) is 14.7 Å². The monoisotopic (exact) mass is 444 g/mol. The Morgan fingerprint density at radius 3 is 2.33 bits per heavy atom. The lowest BCUT2D eigenvalue weighted by atomic mass is 10.0. The fraction of sp³-hybridized carbons (Fsp3) is 0.136. The molecule has 1 atom stereocenters. The minimum atomic E-state index is -1.07. The number of carboxylic acids is 1. The highest BCUT2D eigenvalue weighted by atomic mass is 35.5. The highest BCUT2D eigenvalue weighted by molar-refractivity contribution is 6.33. The van der Waals surface area contributed by atoms with Gasteiger partial charge in [-0.3, -0.25) is 9.59 Å². The number of benzene rings is 2. The van der Waals surface area contributed by atoms with Crippen molar-refractivity contribution in [1.82, 2.24) is 10.3 Å². The van der Waals surface area contributed by atoms with Gasteiger partial charge in [0.25, 0.3) is 5.91 Å². The summed E-state index contributed by atoms with van der Waals surface area (Å²) in [6.45, 7) is 0. The fourth-order valence-corrected chi connectivity index (χ4v) is 3.48. The summed E-state index contributed by atoms with van der Waals surface area (Å²) in [6, 6.07) is 16.1. The molecule has 1 unspecified atom stereocenters. The number of rotatable bonds is 7. The van der Waals surface area contributed by atoms with E-state index in [2.05, 4.69) is 10.3 Å². The van der Waals surface area contributed by atoms with Crippen LogP contribution in [0.5, 0.6) is 5.75 Å². The number of aromatic nitrogens is 1. The summed E-state index contributed by atoms with van der Waals surface area (Å²) < 4.78 is 5.36. The summed E-state index contributed by atoms with van der Waals surface area (Å²) in [5.41, 5.74) is 1.62. The smallest absolute Gasteiger partial charge is 0.305 e. The number of ether oxygens (including phenoxy) is 1. The number of amides is 1. The highest BCUT2D eigenvalue weighted by Gasteiger charge is 2.23. The Kier molecular flexibility index (Phi) is 6.92. The topological polar surface area (TPSA) is 88.5 Å². The maximum absolute atomic E-state index is 12.9. The second kappa shape index (κ2) is 9.61. The SMILES string of the molecule is COc1ccc(C(=O)NC(CC(=O)O)c2ccccc2Cl)nc1-c1ccccc1Cl. The number of nitrogens with zero attached hydrogens (tertiary/aromatic N) is 1. The molecular formula is C22H18Cl2N2O4. The van der Waals surface area contributed by atoms with Crippen LogP contribution in [0.15, 0.2) is 60.7 Å². The van der Waals surface area contributed by atoms with E-state index in [0.29, 0.717) is 32.6 Å². The number of hydrogen-bond acceptors (Lipinski definition) is 4. The van der Waals surface area contributed by atoms with Gasteiger partial charge in [-0.1, -0.05) is 59.6 Å². The molecule has 2 aromatic carbocycles. The van der Waals surface area contributed by atoms with Crippen LogP contribution in [0.3, 0.4) is 0 Å². The lowest BCUT2D eigenvalue weighted by Gasteiger charge is -2.19. The van der Waals surface area contributed by atoms with E-state index in [1.165, 1.54) is 13.2 Å². The summed E-state index contributed by atoms with van der Waals surface area (Å²) in [6.07, 6.45) is -0.330. The molecule has 0 aliphatic carbocycles. The molecule has 30 heavy (non-hydrogen) atoms. The zero-order valence-electron chi connectivity index (χ0n) is 15.9. The molecule has 0 aliphatic rings. The molecule has 8 heteroatoms. The van der Waals surface area contributed by atoms with Gasteiger partial charge in [0.05, 0.1) is 24.6 Å². The van der Waals surface area contributed by atoms with Crippen molar-refractivity contribution in [2.45, 2.75) is 12.5 Å². The van der Waals surface area contributed by atoms with E-state index in [-0.39, 0.29) is 12.1 Å². The maximum Gasteiger partial charge on any atom is 0.305 e. The second-order valence-electron chi connectivity index (χ2n) is 6.37. The minimum absolute atomic E-state index is 0.0909. The molecule has 1 amide bonds. The first-order valence-corrected chi connectivity index (χ1v) is 9.73. The molecule has 0 aliphatic heterocycles. The summed E-state index contributed by atoms with van der Waals surface area (Å²) in [5, 5.41) is 12.8. The van der Waals surface area contributed by atoms with Crippen LogP contribution in [0.1, 0.15) is 28.5 Å². The van der Waals surface area contributed by atoms with Gasteiger partial charge in [-0.15, -0.1) is 0 Å².